The fourth-order valence-electron chi connectivity index (χ4n) is 2.39. The van der Waals surface area contributed by atoms with E-state index in [2.05, 4.69) is 25.8 Å². The van der Waals surface area contributed by atoms with Crippen LogP contribution in [0.3, 0.4) is 0 Å². The Balaban J connectivity index is 1.73. The first-order chi connectivity index (χ1) is 12.5. The van der Waals surface area contributed by atoms with Gasteiger partial charge in [-0.25, -0.2) is 0 Å². The van der Waals surface area contributed by atoms with Gasteiger partial charge in [0.2, 0.25) is 11.8 Å². The van der Waals surface area contributed by atoms with Crippen molar-refractivity contribution in [2.75, 3.05) is 18.2 Å². The zero-order valence-electron chi connectivity index (χ0n) is 14.9. The zero-order valence-corrected chi connectivity index (χ0v) is 15.7. The topological polar surface area (TPSA) is 113 Å². The van der Waals surface area contributed by atoms with E-state index in [9.17, 15) is 4.79 Å². The molecule has 0 fully saturated rings. The van der Waals surface area contributed by atoms with Crippen LogP contribution in [0.15, 0.2) is 21.9 Å². The highest BCUT2D eigenvalue weighted by atomic mass is 32.2. The molecular weight excluding hydrogens is 358 g/mol. The number of hydrogen-bond donors (Lipinski definition) is 1. The summed E-state index contributed by atoms with van der Waals surface area (Å²) in [6, 6.07) is 1.66. The minimum absolute atomic E-state index is 0.175. The maximum absolute atomic E-state index is 12.1. The Kier molecular flexibility index (Phi) is 5.26. The molecule has 1 amide bonds. The fourth-order valence-corrected chi connectivity index (χ4v) is 3.19. The molecule has 0 atom stereocenters. The highest BCUT2D eigenvalue weighted by Crippen LogP contribution is 2.29. The summed E-state index contributed by atoms with van der Waals surface area (Å²) in [5.41, 5.74) is 0.749. The van der Waals surface area contributed by atoms with Gasteiger partial charge in [0.15, 0.2) is 16.8 Å². The third-order valence-corrected chi connectivity index (χ3v) is 4.46. The van der Waals surface area contributed by atoms with Gasteiger partial charge in [0, 0.05) is 25.9 Å². The van der Waals surface area contributed by atoms with Gasteiger partial charge in [-0.2, -0.15) is 0 Å². The number of thioether (sulfide) groups is 1. The summed E-state index contributed by atoms with van der Waals surface area (Å²) in [5.74, 6) is 2.13. The molecule has 3 heterocycles. The summed E-state index contributed by atoms with van der Waals surface area (Å²) in [6.07, 6.45) is 1.82. The van der Waals surface area contributed by atoms with E-state index in [0.717, 1.165) is 5.56 Å². The molecule has 0 bridgehead atoms. The highest BCUT2D eigenvalue weighted by Gasteiger charge is 2.20. The molecule has 0 spiro atoms. The number of carbonyl (C=O) groups is 1. The molecule has 1 N–H and O–H groups in total. The highest BCUT2D eigenvalue weighted by molar-refractivity contribution is 7.99. The molecule has 0 unspecified atom stereocenters. The van der Waals surface area contributed by atoms with Gasteiger partial charge in [0.25, 0.3) is 0 Å². The lowest BCUT2D eigenvalue weighted by Gasteiger charge is -2.06. The van der Waals surface area contributed by atoms with E-state index in [0.29, 0.717) is 35.0 Å². The van der Waals surface area contributed by atoms with E-state index in [1.165, 1.54) is 11.8 Å². The fraction of sp³-hybridized carbons (Fsp3) is 0.400. The van der Waals surface area contributed by atoms with Crippen molar-refractivity contribution in [1.29, 1.82) is 0 Å². The molecule has 3 aromatic heterocycles. The summed E-state index contributed by atoms with van der Waals surface area (Å²) in [4.78, 5) is 12.1. The second kappa shape index (κ2) is 7.60. The summed E-state index contributed by atoms with van der Waals surface area (Å²) in [5, 5.41) is 19.7. The van der Waals surface area contributed by atoms with Crippen LogP contribution in [0.4, 0.5) is 5.82 Å². The number of anilines is 1. The van der Waals surface area contributed by atoms with Crippen LogP contribution in [0, 0.1) is 6.92 Å². The molecule has 26 heavy (non-hydrogen) atoms. The van der Waals surface area contributed by atoms with Crippen molar-refractivity contribution < 1.29 is 14.1 Å². The molecule has 0 saturated carbocycles. The molecule has 0 aliphatic rings. The molecule has 3 rings (SSSR count). The number of ether oxygens (including phenoxy) is 1. The predicted molar refractivity (Wildman–Crippen MR) is 95.0 cm³/mol. The van der Waals surface area contributed by atoms with Crippen molar-refractivity contribution >= 4 is 23.5 Å². The van der Waals surface area contributed by atoms with Crippen LogP contribution in [0.5, 0.6) is 5.88 Å². The predicted octanol–water partition coefficient (Wildman–Crippen LogP) is 1.73. The number of aryl methyl sites for hydroxylation is 2. The largest absolute Gasteiger partial charge is 0.479 e. The SMILES string of the molecule is CCn1c(SCC(=O)Nc2cc(C)on2)nnc1-c1cn(C)nc1OC. The summed E-state index contributed by atoms with van der Waals surface area (Å²) < 4.78 is 13.8. The standard InChI is InChI=1S/C15H19N7O3S/c1-5-22-13(10-7-21(3)19-14(10)24-4)17-18-15(22)26-8-12(23)16-11-6-9(2)25-20-11/h6-7H,5,8H2,1-4H3,(H,16,20,23). The van der Waals surface area contributed by atoms with Gasteiger partial charge in [0.1, 0.15) is 11.3 Å². The first-order valence-electron chi connectivity index (χ1n) is 7.89. The van der Waals surface area contributed by atoms with Crippen molar-refractivity contribution in [3.8, 4) is 17.3 Å². The van der Waals surface area contributed by atoms with Gasteiger partial charge in [-0.05, 0) is 13.8 Å². The first-order valence-corrected chi connectivity index (χ1v) is 8.87. The Morgan fingerprint density at radius 1 is 1.42 bits per heavy atom. The van der Waals surface area contributed by atoms with E-state index < -0.39 is 0 Å². The number of hydrogen-bond acceptors (Lipinski definition) is 8. The minimum atomic E-state index is -0.200. The monoisotopic (exact) mass is 377 g/mol. The number of nitrogens with zero attached hydrogens (tertiary/aromatic N) is 6. The van der Waals surface area contributed by atoms with Crippen molar-refractivity contribution in [3.63, 3.8) is 0 Å². The third-order valence-electron chi connectivity index (χ3n) is 3.49. The van der Waals surface area contributed by atoms with Crippen LogP contribution >= 0.6 is 11.8 Å². The van der Waals surface area contributed by atoms with E-state index >= 15 is 0 Å². The lowest BCUT2D eigenvalue weighted by Crippen LogP contribution is -2.14. The van der Waals surface area contributed by atoms with Gasteiger partial charge in [-0.1, -0.05) is 16.9 Å². The Hall–Kier alpha value is -2.82. The Bertz CT molecular complexity index is 914. The van der Waals surface area contributed by atoms with Gasteiger partial charge >= 0.3 is 0 Å². The molecule has 10 nitrogen and oxygen atoms in total. The average molecular weight is 377 g/mol. The number of amides is 1. The summed E-state index contributed by atoms with van der Waals surface area (Å²) in [6.45, 7) is 4.39. The summed E-state index contributed by atoms with van der Waals surface area (Å²) >= 11 is 1.29. The van der Waals surface area contributed by atoms with E-state index in [4.69, 9.17) is 9.26 Å². The molecule has 0 aliphatic heterocycles. The van der Waals surface area contributed by atoms with Crippen molar-refractivity contribution in [2.45, 2.75) is 25.5 Å². The maximum Gasteiger partial charge on any atom is 0.243 e. The van der Waals surface area contributed by atoms with E-state index in [1.807, 2.05) is 24.7 Å². The van der Waals surface area contributed by atoms with Crippen LogP contribution < -0.4 is 10.1 Å². The third kappa shape index (κ3) is 3.72. The smallest absolute Gasteiger partial charge is 0.243 e. The van der Waals surface area contributed by atoms with Crippen LogP contribution in [-0.2, 0) is 18.4 Å². The molecule has 0 aliphatic carbocycles. The van der Waals surface area contributed by atoms with Gasteiger partial charge in [0.05, 0.1) is 12.9 Å². The Labute approximate surface area is 153 Å². The number of carbonyl (C=O) groups excluding carboxylic acids is 1. The summed E-state index contributed by atoms with van der Waals surface area (Å²) in [7, 11) is 3.37. The van der Waals surface area contributed by atoms with Crippen molar-refractivity contribution in [2.24, 2.45) is 7.05 Å². The number of nitrogens with one attached hydrogen (secondary N) is 1. The van der Waals surface area contributed by atoms with Gasteiger partial charge in [-0.15, -0.1) is 15.3 Å². The Morgan fingerprint density at radius 2 is 2.23 bits per heavy atom. The zero-order chi connectivity index (χ0) is 18.7. The molecular formula is C15H19N7O3S. The van der Waals surface area contributed by atoms with Crippen LogP contribution in [0.2, 0.25) is 0 Å². The second-order valence-corrected chi connectivity index (χ2v) is 6.38. The number of methoxy groups -OCH3 is 1. The van der Waals surface area contributed by atoms with Crippen molar-refractivity contribution in [3.05, 3.63) is 18.0 Å². The van der Waals surface area contributed by atoms with Crippen LogP contribution in [0.1, 0.15) is 12.7 Å². The van der Waals surface area contributed by atoms with E-state index in [-0.39, 0.29) is 11.7 Å². The Morgan fingerprint density at radius 3 is 2.88 bits per heavy atom. The van der Waals surface area contributed by atoms with Crippen LogP contribution in [-0.4, -0.2) is 48.5 Å². The number of rotatable bonds is 7. The van der Waals surface area contributed by atoms with E-state index in [1.54, 1.807) is 24.8 Å². The maximum atomic E-state index is 12.1. The molecule has 0 radical (unpaired) electrons. The molecule has 3 aromatic rings. The quantitative estimate of drug-likeness (QED) is 0.620. The van der Waals surface area contributed by atoms with Gasteiger partial charge < -0.3 is 19.1 Å². The molecule has 11 heteroatoms. The van der Waals surface area contributed by atoms with Crippen LogP contribution in [0.25, 0.3) is 11.4 Å². The van der Waals surface area contributed by atoms with Gasteiger partial charge in [-0.3, -0.25) is 9.48 Å². The lowest BCUT2D eigenvalue weighted by molar-refractivity contribution is -0.113. The number of aromatic nitrogens is 6. The molecule has 0 aromatic carbocycles. The second-order valence-electron chi connectivity index (χ2n) is 5.44. The minimum Gasteiger partial charge on any atom is -0.479 e. The molecule has 0 saturated heterocycles. The lowest BCUT2D eigenvalue weighted by atomic mass is 10.3. The molecule has 138 valence electrons. The first kappa shape index (κ1) is 18.0. The average Bonchev–Trinajstić information content (AvgIpc) is 3.30. The normalized spacial score (nSPS) is 10.9. The van der Waals surface area contributed by atoms with Crippen molar-refractivity contribution in [1.82, 2.24) is 29.7 Å².